The number of nitrogens with zero attached hydrogens (tertiary/aromatic N) is 3. The molecule has 3 nitrogen and oxygen atoms in total. The van der Waals surface area contributed by atoms with Crippen LogP contribution in [0, 0.1) is 0 Å². The second kappa shape index (κ2) is 3.94. The van der Waals surface area contributed by atoms with Gasteiger partial charge in [0.1, 0.15) is 0 Å². The van der Waals surface area contributed by atoms with Crippen LogP contribution in [0.2, 0.25) is 0 Å². The SMILES string of the molecule is CN1C=CN(C)B1[N]=[Ti]([Cl])[Cl]. The van der Waals surface area contributed by atoms with E-state index in [9.17, 15) is 0 Å². The first-order valence-corrected chi connectivity index (χ1v) is 8.12. The van der Waals surface area contributed by atoms with Crippen molar-refractivity contribution in [3.05, 3.63) is 12.4 Å². The van der Waals surface area contributed by atoms with Crippen molar-refractivity contribution in [1.29, 1.82) is 0 Å². The van der Waals surface area contributed by atoms with Gasteiger partial charge in [-0.2, -0.15) is 0 Å². The van der Waals surface area contributed by atoms with Gasteiger partial charge in [0.2, 0.25) is 0 Å². The Morgan fingerprint density at radius 2 is 1.73 bits per heavy atom. The van der Waals surface area contributed by atoms with Gasteiger partial charge < -0.3 is 0 Å². The fraction of sp³-hybridized carbons (Fsp3) is 0.500. The summed E-state index contributed by atoms with van der Waals surface area (Å²) in [7, 11) is 15.3. The second-order valence-electron chi connectivity index (χ2n) is 2.35. The molecule has 0 saturated carbocycles. The van der Waals surface area contributed by atoms with Gasteiger partial charge in [-0.1, -0.05) is 0 Å². The maximum atomic E-state index is 5.67. The molecule has 7 heteroatoms. The van der Waals surface area contributed by atoms with Crippen LogP contribution < -0.4 is 0 Å². The van der Waals surface area contributed by atoms with E-state index in [1.165, 1.54) is 0 Å². The molecule has 0 aromatic heterocycles. The molecule has 11 heavy (non-hydrogen) atoms. The van der Waals surface area contributed by atoms with E-state index < -0.39 is 15.6 Å². The van der Waals surface area contributed by atoms with Crippen molar-refractivity contribution in [3.8, 4) is 0 Å². The van der Waals surface area contributed by atoms with Crippen LogP contribution in [-0.4, -0.2) is 30.8 Å². The van der Waals surface area contributed by atoms with Gasteiger partial charge in [0.25, 0.3) is 0 Å². The molecule has 0 atom stereocenters. The predicted octanol–water partition coefficient (Wildman–Crippen LogP) is 1.43. The number of rotatable bonds is 1. The molecule has 0 saturated heterocycles. The third-order valence-corrected chi connectivity index (χ3v) is 2.95. The summed E-state index contributed by atoms with van der Waals surface area (Å²) < 4.78 is 4.23. The summed E-state index contributed by atoms with van der Waals surface area (Å²) in [6.45, 7) is 0. The van der Waals surface area contributed by atoms with Crippen molar-refractivity contribution in [2.24, 2.45) is 3.33 Å². The van der Waals surface area contributed by atoms with Crippen LogP contribution in [0.1, 0.15) is 0 Å². The Morgan fingerprint density at radius 1 is 1.27 bits per heavy atom. The summed E-state index contributed by atoms with van der Waals surface area (Å²) in [4.78, 5) is 3.94. The van der Waals surface area contributed by atoms with Gasteiger partial charge in [-0.05, 0) is 0 Å². The van der Waals surface area contributed by atoms with Gasteiger partial charge in [-0.3, -0.25) is 0 Å². The normalized spacial score (nSPS) is 16.2. The molecule has 0 radical (unpaired) electrons. The molecule has 60 valence electrons. The molecule has 0 spiro atoms. The Kier molecular flexibility index (Phi) is 3.44. The van der Waals surface area contributed by atoms with Crippen LogP contribution in [0.15, 0.2) is 15.7 Å². The summed E-state index contributed by atoms with van der Waals surface area (Å²) in [6, 6.07) is 0. The van der Waals surface area contributed by atoms with Gasteiger partial charge in [0.15, 0.2) is 0 Å². The monoisotopic (exact) mass is 227 g/mol. The van der Waals surface area contributed by atoms with Gasteiger partial charge >= 0.3 is 80.7 Å². The molecule has 0 fully saturated rings. The van der Waals surface area contributed by atoms with Crippen LogP contribution in [0.5, 0.6) is 0 Å². The van der Waals surface area contributed by atoms with E-state index in [2.05, 4.69) is 3.33 Å². The molecular formula is C4H8BCl2N3Ti. The zero-order valence-corrected chi connectivity index (χ0v) is 9.40. The standard InChI is InChI=1S/C4H8BN3.2ClH.Ti/c1-7-3-4-8(2)5(7)6;;;/h3-4H,1-2H3;2*1H;/q;;;+2/p-2. The summed E-state index contributed by atoms with van der Waals surface area (Å²) in [5, 5.41) is 0. The minimum atomic E-state index is -2.09. The number of hydrogen-bond donors (Lipinski definition) is 0. The van der Waals surface area contributed by atoms with Gasteiger partial charge in [0, 0.05) is 0 Å². The summed E-state index contributed by atoms with van der Waals surface area (Å²) in [5.74, 6) is 0. The molecule has 1 aliphatic heterocycles. The van der Waals surface area contributed by atoms with Gasteiger partial charge in [0.05, 0.1) is 0 Å². The van der Waals surface area contributed by atoms with E-state index >= 15 is 0 Å². The van der Waals surface area contributed by atoms with Crippen molar-refractivity contribution in [2.45, 2.75) is 0 Å². The second-order valence-corrected chi connectivity index (χ2v) is 7.25. The number of halogens is 2. The summed E-state index contributed by atoms with van der Waals surface area (Å²) >= 11 is -2.09. The zero-order chi connectivity index (χ0) is 8.43. The molecule has 1 heterocycles. The van der Waals surface area contributed by atoms with Gasteiger partial charge in [-0.15, -0.1) is 0 Å². The van der Waals surface area contributed by atoms with E-state index in [1.807, 2.05) is 36.1 Å². The van der Waals surface area contributed by atoms with E-state index in [4.69, 9.17) is 18.6 Å². The third-order valence-electron chi connectivity index (χ3n) is 1.48. The Balaban J connectivity index is 2.66. The van der Waals surface area contributed by atoms with Crippen molar-refractivity contribution < 1.29 is 15.6 Å². The fourth-order valence-electron chi connectivity index (χ4n) is 0.921. The van der Waals surface area contributed by atoms with Crippen molar-refractivity contribution in [2.75, 3.05) is 14.1 Å². The van der Waals surface area contributed by atoms with E-state index in [-0.39, 0.29) is 7.12 Å². The zero-order valence-electron chi connectivity index (χ0n) is 6.33. The van der Waals surface area contributed by atoms with Gasteiger partial charge in [-0.25, -0.2) is 0 Å². The molecule has 0 amide bonds. The van der Waals surface area contributed by atoms with Crippen LogP contribution in [0.4, 0.5) is 0 Å². The van der Waals surface area contributed by atoms with E-state index in [0.29, 0.717) is 0 Å². The first-order valence-electron chi connectivity index (χ1n) is 3.12. The molecule has 0 aromatic carbocycles. The van der Waals surface area contributed by atoms with Crippen molar-refractivity contribution in [1.82, 2.24) is 9.62 Å². The average molecular weight is 228 g/mol. The van der Waals surface area contributed by atoms with Crippen molar-refractivity contribution >= 4 is 25.7 Å². The first kappa shape index (κ1) is 9.59. The molecule has 0 bridgehead atoms. The van der Waals surface area contributed by atoms with Crippen LogP contribution in [-0.2, 0) is 15.6 Å². The van der Waals surface area contributed by atoms with Crippen LogP contribution in [0.25, 0.3) is 0 Å². The Labute approximate surface area is 80.5 Å². The third kappa shape index (κ3) is 2.48. The quantitative estimate of drug-likeness (QED) is 0.632. The average Bonchev–Trinajstić information content (AvgIpc) is 2.18. The number of hydrogen-bond acceptors (Lipinski definition) is 3. The minimum absolute atomic E-state index is 0.0139. The first-order chi connectivity index (χ1) is 5.11. The fourth-order valence-corrected chi connectivity index (χ4v) is 2.48. The summed E-state index contributed by atoms with van der Waals surface area (Å²) in [5.41, 5.74) is 0. The molecule has 1 rings (SSSR count). The molecule has 0 aliphatic carbocycles. The Hall–Kier alpha value is 0.499. The summed E-state index contributed by atoms with van der Waals surface area (Å²) in [6.07, 6.45) is 3.90. The molecule has 0 unspecified atom stereocenters. The molecular weight excluding hydrogens is 220 g/mol. The van der Waals surface area contributed by atoms with E-state index in [0.717, 1.165) is 0 Å². The van der Waals surface area contributed by atoms with Crippen molar-refractivity contribution in [3.63, 3.8) is 0 Å². The Bertz CT molecular complexity index is 194. The molecule has 1 aliphatic rings. The molecule has 0 aromatic rings. The van der Waals surface area contributed by atoms with Crippen LogP contribution in [0.3, 0.4) is 0 Å². The predicted molar refractivity (Wildman–Crippen MR) is 44.6 cm³/mol. The van der Waals surface area contributed by atoms with E-state index in [1.54, 1.807) is 0 Å². The Morgan fingerprint density at radius 3 is 2.09 bits per heavy atom. The molecule has 0 N–H and O–H groups in total. The maximum absolute atomic E-state index is 5.67. The topological polar surface area (TPSA) is 18.8 Å². The van der Waals surface area contributed by atoms with Crippen LogP contribution >= 0.6 is 18.6 Å².